The van der Waals surface area contributed by atoms with E-state index in [2.05, 4.69) is 15.2 Å². The first-order chi connectivity index (χ1) is 12.1. The topological polar surface area (TPSA) is 69.2 Å². The first-order valence-corrected chi connectivity index (χ1v) is 7.91. The average Bonchev–Trinajstić information content (AvgIpc) is 2.66. The van der Waals surface area contributed by atoms with E-state index in [-0.39, 0.29) is 12.7 Å². The van der Waals surface area contributed by atoms with Crippen LogP contribution in [-0.4, -0.2) is 19.1 Å². The second-order valence-electron chi connectivity index (χ2n) is 5.33. The summed E-state index contributed by atoms with van der Waals surface area (Å²) in [5, 5.41) is 6.65. The maximum atomic E-state index is 11.4. The fourth-order valence-electron chi connectivity index (χ4n) is 2.08. The first-order valence-electron chi connectivity index (χ1n) is 7.91. The van der Waals surface area contributed by atoms with Crippen molar-refractivity contribution in [2.45, 2.75) is 26.6 Å². The zero-order chi connectivity index (χ0) is 18.1. The Labute approximate surface area is 147 Å². The molecule has 0 aliphatic carbocycles. The zero-order valence-corrected chi connectivity index (χ0v) is 14.6. The molecule has 0 radical (unpaired) electrons. The van der Waals surface area contributed by atoms with E-state index in [1.165, 1.54) is 7.11 Å². The van der Waals surface area contributed by atoms with E-state index < -0.39 is 6.09 Å². The molecule has 6 heteroatoms. The lowest BCUT2D eigenvalue weighted by atomic mass is 10.1. The molecule has 25 heavy (non-hydrogen) atoms. The van der Waals surface area contributed by atoms with Gasteiger partial charge >= 0.3 is 6.09 Å². The van der Waals surface area contributed by atoms with Gasteiger partial charge in [0.25, 0.3) is 0 Å². The van der Waals surface area contributed by atoms with E-state index in [0.29, 0.717) is 11.6 Å². The molecule has 1 unspecified atom stereocenters. The Bertz CT molecular complexity index is 716. The van der Waals surface area contributed by atoms with Crippen molar-refractivity contribution in [2.75, 3.05) is 12.4 Å². The summed E-state index contributed by atoms with van der Waals surface area (Å²) in [5.41, 5.74) is 2.46. The highest BCUT2D eigenvalue weighted by atomic mass is 16.7. The molecule has 0 heterocycles. The van der Waals surface area contributed by atoms with Crippen LogP contribution in [0.5, 0.6) is 0 Å². The van der Waals surface area contributed by atoms with Gasteiger partial charge in [-0.25, -0.2) is 4.79 Å². The van der Waals surface area contributed by atoms with E-state index in [0.717, 1.165) is 11.1 Å². The molecule has 0 bridgehead atoms. The van der Waals surface area contributed by atoms with Crippen LogP contribution in [-0.2, 0) is 20.9 Å². The largest absolute Gasteiger partial charge is 0.474 e. The number of ether oxygens (including phenoxy) is 2. The SMILES string of the molecule is COC(=O)Nc1ccccc1COC(C)=NOC(C)c1ccccc1. The first kappa shape index (κ1) is 18.3. The van der Waals surface area contributed by atoms with Crippen LogP contribution in [0.25, 0.3) is 0 Å². The Hall–Kier alpha value is -3.02. The van der Waals surface area contributed by atoms with E-state index in [1.807, 2.05) is 55.5 Å². The Morgan fingerprint density at radius 1 is 1.12 bits per heavy atom. The summed E-state index contributed by atoms with van der Waals surface area (Å²) in [6.07, 6.45) is -0.703. The van der Waals surface area contributed by atoms with Crippen molar-refractivity contribution in [3.05, 3.63) is 65.7 Å². The van der Waals surface area contributed by atoms with Crippen LogP contribution in [0.4, 0.5) is 10.5 Å². The van der Waals surface area contributed by atoms with Crippen LogP contribution in [0.15, 0.2) is 59.8 Å². The molecule has 0 spiro atoms. The monoisotopic (exact) mass is 342 g/mol. The smallest absolute Gasteiger partial charge is 0.411 e. The zero-order valence-electron chi connectivity index (χ0n) is 14.6. The summed E-state index contributed by atoms with van der Waals surface area (Å²) < 4.78 is 10.2. The third-order valence-electron chi connectivity index (χ3n) is 3.48. The lowest BCUT2D eigenvalue weighted by molar-refractivity contribution is 0.0639. The number of nitrogens with zero attached hydrogens (tertiary/aromatic N) is 1. The van der Waals surface area contributed by atoms with Crippen molar-refractivity contribution in [1.29, 1.82) is 0 Å². The summed E-state index contributed by atoms with van der Waals surface area (Å²) in [4.78, 5) is 16.8. The van der Waals surface area contributed by atoms with Crippen LogP contribution in [0, 0.1) is 0 Å². The molecule has 1 N–H and O–H groups in total. The minimum Gasteiger partial charge on any atom is -0.474 e. The second kappa shape index (κ2) is 9.32. The van der Waals surface area contributed by atoms with Crippen LogP contribution in [0.3, 0.4) is 0 Å². The number of carbonyl (C=O) groups is 1. The summed E-state index contributed by atoms with van der Waals surface area (Å²) in [7, 11) is 1.32. The van der Waals surface area contributed by atoms with Gasteiger partial charge in [-0.05, 0) is 18.6 Å². The molecule has 0 aromatic heterocycles. The molecule has 2 aromatic carbocycles. The third kappa shape index (κ3) is 5.84. The summed E-state index contributed by atoms with van der Waals surface area (Å²) >= 11 is 0. The molecule has 0 fully saturated rings. The molecule has 132 valence electrons. The van der Waals surface area contributed by atoms with Crippen molar-refractivity contribution in [3.8, 4) is 0 Å². The Kier molecular flexibility index (Phi) is 6.83. The minimum absolute atomic E-state index is 0.173. The number of para-hydroxylation sites is 1. The van der Waals surface area contributed by atoms with Gasteiger partial charge < -0.3 is 14.3 Å². The van der Waals surface area contributed by atoms with Gasteiger partial charge in [-0.1, -0.05) is 53.7 Å². The van der Waals surface area contributed by atoms with Crippen LogP contribution in [0.2, 0.25) is 0 Å². The maximum Gasteiger partial charge on any atom is 0.411 e. The van der Waals surface area contributed by atoms with E-state index in [4.69, 9.17) is 9.57 Å². The molecule has 0 aliphatic heterocycles. The molecule has 1 amide bonds. The van der Waals surface area contributed by atoms with Crippen LogP contribution >= 0.6 is 0 Å². The van der Waals surface area contributed by atoms with Crippen molar-refractivity contribution < 1.29 is 19.1 Å². The summed E-state index contributed by atoms with van der Waals surface area (Å²) in [6, 6.07) is 17.1. The number of hydrogen-bond donors (Lipinski definition) is 1. The number of oxime groups is 1. The molecular formula is C19H22N2O4. The standard InChI is InChI=1S/C19H22N2O4/c1-14(16-9-5-4-6-10-16)25-21-15(2)24-13-17-11-7-8-12-18(17)20-19(22)23-3/h4-12,14H,13H2,1-3H3,(H,20,22). The van der Waals surface area contributed by atoms with Crippen molar-refractivity contribution in [2.24, 2.45) is 5.16 Å². The van der Waals surface area contributed by atoms with Gasteiger partial charge in [0.15, 0.2) is 0 Å². The number of carbonyl (C=O) groups excluding carboxylic acids is 1. The fourth-order valence-corrected chi connectivity index (χ4v) is 2.08. The van der Waals surface area contributed by atoms with Crippen LogP contribution in [0.1, 0.15) is 31.1 Å². The van der Waals surface area contributed by atoms with Gasteiger partial charge in [0.1, 0.15) is 12.7 Å². The Balaban J connectivity index is 1.91. The quantitative estimate of drug-likeness (QED) is 0.477. The highest BCUT2D eigenvalue weighted by Gasteiger charge is 2.08. The Morgan fingerprint density at radius 2 is 1.80 bits per heavy atom. The molecule has 0 saturated heterocycles. The molecule has 2 rings (SSSR count). The molecule has 1 atom stereocenters. The van der Waals surface area contributed by atoms with Crippen molar-refractivity contribution in [3.63, 3.8) is 0 Å². The molecule has 2 aromatic rings. The van der Waals surface area contributed by atoms with Gasteiger partial charge in [0.2, 0.25) is 5.90 Å². The van der Waals surface area contributed by atoms with Gasteiger partial charge in [0.05, 0.1) is 12.8 Å². The van der Waals surface area contributed by atoms with Gasteiger partial charge in [-0.15, -0.1) is 0 Å². The van der Waals surface area contributed by atoms with E-state index in [1.54, 1.807) is 13.0 Å². The molecular weight excluding hydrogens is 320 g/mol. The fraction of sp³-hybridized carbons (Fsp3) is 0.263. The van der Waals surface area contributed by atoms with Gasteiger partial charge in [-0.3, -0.25) is 5.32 Å². The minimum atomic E-state index is -0.530. The third-order valence-corrected chi connectivity index (χ3v) is 3.48. The van der Waals surface area contributed by atoms with Crippen molar-refractivity contribution in [1.82, 2.24) is 0 Å². The predicted octanol–water partition coefficient (Wildman–Crippen LogP) is 4.49. The number of nitrogens with one attached hydrogen (secondary N) is 1. The molecule has 0 saturated carbocycles. The summed E-state index contributed by atoms with van der Waals surface area (Å²) in [6.45, 7) is 3.88. The second-order valence-corrected chi connectivity index (χ2v) is 5.33. The number of methoxy groups -OCH3 is 1. The lowest BCUT2D eigenvalue weighted by Crippen LogP contribution is -2.13. The van der Waals surface area contributed by atoms with Gasteiger partial charge in [0, 0.05) is 12.5 Å². The molecule has 0 aliphatic rings. The normalized spacial score (nSPS) is 12.2. The van der Waals surface area contributed by atoms with Gasteiger partial charge in [-0.2, -0.15) is 0 Å². The number of benzene rings is 2. The van der Waals surface area contributed by atoms with E-state index >= 15 is 0 Å². The van der Waals surface area contributed by atoms with Crippen LogP contribution < -0.4 is 5.32 Å². The highest BCUT2D eigenvalue weighted by Crippen LogP contribution is 2.18. The number of amides is 1. The number of anilines is 1. The number of rotatable bonds is 6. The highest BCUT2D eigenvalue weighted by molar-refractivity contribution is 5.85. The summed E-state index contributed by atoms with van der Waals surface area (Å²) in [5.74, 6) is 0.399. The maximum absolute atomic E-state index is 11.4. The Morgan fingerprint density at radius 3 is 2.52 bits per heavy atom. The van der Waals surface area contributed by atoms with E-state index in [9.17, 15) is 4.79 Å². The average molecular weight is 342 g/mol. The van der Waals surface area contributed by atoms with Crippen molar-refractivity contribution >= 4 is 17.7 Å². The number of hydrogen-bond acceptors (Lipinski definition) is 5. The predicted molar refractivity (Wildman–Crippen MR) is 96.3 cm³/mol. The lowest BCUT2D eigenvalue weighted by Gasteiger charge is -2.13. The molecule has 6 nitrogen and oxygen atoms in total.